The summed E-state index contributed by atoms with van der Waals surface area (Å²) in [5.41, 5.74) is 1.89. The van der Waals surface area contributed by atoms with Crippen molar-refractivity contribution in [3.8, 4) is 5.75 Å². The minimum atomic E-state index is -0.394. The zero-order valence-corrected chi connectivity index (χ0v) is 15.8. The van der Waals surface area contributed by atoms with E-state index in [0.29, 0.717) is 36.2 Å². The fraction of sp³-hybridized carbons (Fsp3) is 0.190. The predicted molar refractivity (Wildman–Crippen MR) is 109 cm³/mol. The predicted octanol–water partition coefficient (Wildman–Crippen LogP) is 4.54. The number of hydrogen-bond acceptors (Lipinski definition) is 7. The van der Waals surface area contributed by atoms with Crippen LogP contribution in [0.4, 0.5) is 23.1 Å². The van der Waals surface area contributed by atoms with E-state index in [1.807, 2.05) is 37.3 Å². The van der Waals surface area contributed by atoms with Gasteiger partial charge in [-0.2, -0.15) is 4.98 Å². The lowest BCUT2D eigenvalue weighted by Gasteiger charge is -2.11. The molecule has 1 aromatic heterocycles. The van der Waals surface area contributed by atoms with Crippen molar-refractivity contribution in [3.05, 3.63) is 66.4 Å². The number of hydrogen-bond donors (Lipinski definition) is 2. The summed E-state index contributed by atoms with van der Waals surface area (Å²) < 4.78 is 10.5. The van der Waals surface area contributed by atoms with Crippen LogP contribution < -0.4 is 15.4 Å². The van der Waals surface area contributed by atoms with Crippen LogP contribution in [0.15, 0.2) is 60.8 Å². The number of carbonyl (C=O) groups excluding carboxylic acids is 1. The Morgan fingerprint density at radius 3 is 2.50 bits per heavy atom. The molecule has 0 amide bonds. The van der Waals surface area contributed by atoms with E-state index in [1.165, 1.54) is 0 Å². The van der Waals surface area contributed by atoms with Gasteiger partial charge in [-0.25, -0.2) is 9.78 Å². The molecule has 0 radical (unpaired) electrons. The summed E-state index contributed by atoms with van der Waals surface area (Å²) in [6.07, 6.45) is 1.64. The van der Waals surface area contributed by atoms with Crippen LogP contribution >= 0.6 is 0 Å². The van der Waals surface area contributed by atoms with Gasteiger partial charge < -0.3 is 20.1 Å². The van der Waals surface area contributed by atoms with Crippen molar-refractivity contribution < 1.29 is 14.3 Å². The zero-order valence-electron chi connectivity index (χ0n) is 15.8. The molecule has 28 heavy (non-hydrogen) atoms. The number of aromatic nitrogens is 2. The number of ether oxygens (including phenoxy) is 2. The molecule has 0 unspecified atom stereocenters. The second kappa shape index (κ2) is 9.36. The monoisotopic (exact) mass is 378 g/mol. The Labute approximate surface area is 163 Å². The van der Waals surface area contributed by atoms with Gasteiger partial charge in [0.05, 0.1) is 24.5 Å². The highest BCUT2D eigenvalue weighted by Gasteiger charge is 2.13. The van der Waals surface area contributed by atoms with Gasteiger partial charge in [0.2, 0.25) is 5.95 Å². The molecular formula is C21H22N4O3. The maximum absolute atomic E-state index is 12.1. The number of carbonyl (C=O) groups is 1. The van der Waals surface area contributed by atoms with Gasteiger partial charge in [0.1, 0.15) is 11.6 Å². The molecule has 7 nitrogen and oxygen atoms in total. The van der Waals surface area contributed by atoms with Crippen molar-refractivity contribution >= 4 is 29.1 Å². The number of nitrogens with one attached hydrogen (secondary N) is 2. The largest absolute Gasteiger partial charge is 0.494 e. The molecule has 3 aromatic rings. The number of rotatable bonds is 8. The molecule has 1 heterocycles. The van der Waals surface area contributed by atoms with E-state index in [-0.39, 0.29) is 0 Å². The SMILES string of the molecule is CCOC(=O)c1ccccc1Nc1nccc(Nc2ccc(OCC)cc2)n1. The van der Waals surface area contributed by atoms with E-state index in [1.54, 1.807) is 37.4 Å². The van der Waals surface area contributed by atoms with Crippen molar-refractivity contribution in [2.24, 2.45) is 0 Å². The third-order valence-corrected chi connectivity index (χ3v) is 3.76. The Kier molecular flexibility index (Phi) is 6.41. The van der Waals surface area contributed by atoms with Crippen LogP contribution in [-0.4, -0.2) is 29.2 Å². The molecule has 0 aliphatic rings. The smallest absolute Gasteiger partial charge is 0.340 e. The minimum Gasteiger partial charge on any atom is -0.494 e. The first-order valence-corrected chi connectivity index (χ1v) is 9.05. The van der Waals surface area contributed by atoms with Crippen LogP contribution in [0, 0.1) is 0 Å². The molecule has 7 heteroatoms. The standard InChI is InChI=1S/C21H22N4O3/c1-3-27-16-11-9-15(10-12-16)23-19-13-14-22-21(25-19)24-18-8-6-5-7-17(18)20(26)28-4-2/h5-14H,3-4H2,1-2H3,(H2,22,23,24,25). The third-order valence-electron chi connectivity index (χ3n) is 3.76. The first kappa shape index (κ1) is 19.2. The summed E-state index contributed by atoms with van der Waals surface area (Å²) in [7, 11) is 0. The van der Waals surface area contributed by atoms with E-state index >= 15 is 0 Å². The van der Waals surface area contributed by atoms with E-state index in [2.05, 4.69) is 20.6 Å². The molecule has 0 aliphatic heterocycles. The van der Waals surface area contributed by atoms with E-state index in [9.17, 15) is 4.79 Å². The highest BCUT2D eigenvalue weighted by Crippen LogP contribution is 2.22. The molecule has 0 atom stereocenters. The fourth-order valence-corrected chi connectivity index (χ4v) is 2.54. The van der Waals surface area contributed by atoms with Crippen LogP contribution in [0.3, 0.4) is 0 Å². The quantitative estimate of drug-likeness (QED) is 0.557. The number of anilines is 4. The van der Waals surface area contributed by atoms with Crippen LogP contribution in [0.2, 0.25) is 0 Å². The molecule has 0 bridgehead atoms. The summed E-state index contributed by atoms with van der Waals surface area (Å²) >= 11 is 0. The van der Waals surface area contributed by atoms with Gasteiger partial charge in [0.25, 0.3) is 0 Å². The van der Waals surface area contributed by atoms with Gasteiger partial charge in [-0.3, -0.25) is 0 Å². The molecule has 0 spiro atoms. The molecule has 2 aromatic carbocycles. The maximum atomic E-state index is 12.1. The third kappa shape index (κ3) is 4.97. The summed E-state index contributed by atoms with van der Waals surface area (Å²) in [6.45, 7) is 4.65. The highest BCUT2D eigenvalue weighted by molar-refractivity contribution is 5.96. The lowest BCUT2D eigenvalue weighted by atomic mass is 10.2. The van der Waals surface area contributed by atoms with E-state index in [0.717, 1.165) is 11.4 Å². The van der Waals surface area contributed by atoms with Gasteiger partial charge in [0, 0.05) is 11.9 Å². The normalized spacial score (nSPS) is 10.2. The van der Waals surface area contributed by atoms with E-state index < -0.39 is 5.97 Å². The van der Waals surface area contributed by atoms with Gasteiger partial charge in [-0.1, -0.05) is 12.1 Å². The summed E-state index contributed by atoms with van der Waals surface area (Å²) in [4.78, 5) is 20.8. The Morgan fingerprint density at radius 1 is 0.964 bits per heavy atom. The van der Waals surface area contributed by atoms with Crippen molar-refractivity contribution in [1.29, 1.82) is 0 Å². The molecule has 3 rings (SSSR count). The lowest BCUT2D eigenvalue weighted by molar-refractivity contribution is 0.0527. The molecule has 2 N–H and O–H groups in total. The van der Waals surface area contributed by atoms with Crippen molar-refractivity contribution in [2.75, 3.05) is 23.8 Å². The Bertz CT molecular complexity index is 929. The van der Waals surface area contributed by atoms with Crippen LogP contribution in [0.5, 0.6) is 5.75 Å². The van der Waals surface area contributed by atoms with Gasteiger partial charge in [0.15, 0.2) is 0 Å². The molecule has 144 valence electrons. The number of benzene rings is 2. The zero-order chi connectivity index (χ0) is 19.8. The second-order valence-electron chi connectivity index (χ2n) is 5.74. The number of esters is 1. The Morgan fingerprint density at radius 2 is 1.75 bits per heavy atom. The van der Waals surface area contributed by atoms with Gasteiger partial charge in [-0.05, 0) is 56.3 Å². The number of para-hydroxylation sites is 1. The van der Waals surface area contributed by atoms with Crippen LogP contribution in [-0.2, 0) is 4.74 Å². The number of nitrogens with zero attached hydrogens (tertiary/aromatic N) is 2. The lowest BCUT2D eigenvalue weighted by Crippen LogP contribution is -2.09. The summed E-state index contributed by atoms with van der Waals surface area (Å²) in [5, 5.41) is 6.30. The van der Waals surface area contributed by atoms with Gasteiger partial charge >= 0.3 is 5.97 Å². The van der Waals surface area contributed by atoms with E-state index in [4.69, 9.17) is 9.47 Å². The summed E-state index contributed by atoms with van der Waals surface area (Å²) in [5.74, 6) is 1.41. The average Bonchev–Trinajstić information content (AvgIpc) is 2.71. The van der Waals surface area contributed by atoms with Crippen LogP contribution in [0.25, 0.3) is 0 Å². The Hall–Kier alpha value is -3.61. The molecule has 0 fully saturated rings. The summed E-state index contributed by atoms with van der Waals surface area (Å²) in [6, 6.07) is 16.5. The Balaban J connectivity index is 1.74. The van der Waals surface area contributed by atoms with Crippen LogP contribution in [0.1, 0.15) is 24.2 Å². The van der Waals surface area contributed by atoms with Gasteiger partial charge in [-0.15, -0.1) is 0 Å². The highest BCUT2D eigenvalue weighted by atomic mass is 16.5. The fourth-order valence-electron chi connectivity index (χ4n) is 2.54. The van der Waals surface area contributed by atoms with Crippen molar-refractivity contribution in [1.82, 2.24) is 9.97 Å². The molecule has 0 saturated heterocycles. The average molecular weight is 378 g/mol. The topological polar surface area (TPSA) is 85.4 Å². The second-order valence-corrected chi connectivity index (χ2v) is 5.74. The first-order chi connectivity index (χ1) is 13.7. The maximum Gasteiger partial charge on any atom is 0.340 e. The van der Waals surface area contributed by atoms with Crippen molar-refractivity contribution in [3.63, 3.8) is 0 Å². The first-order valence-electron chi connectivity index (χ1n) is 9.05. The minimum absolute atomic E-state index is 0.311. The molecule has 0 saturated carbocycles. The molecule has 0 aliphatic carbocycles. The molecular weight excluding hydrogens is 356 g/mol. The van der Waals surface area contributed by atoms with Crippen molar-refractivity contribution in [2.45, 2.75) is 13.8 Å².